The van der Waals surface area contributed by atoms with Crippen LogP contribution in [0.1, 0.15) is 63.1 Å². The van der Waals surface area contributed by atoms with Crippen LogP contribution < -0.4 is 9.80 Å². The van der Waals surface area contributed by atoms with Gasteiger partial charge in [-0.2, -0.15) is 15.6 Å². The number of aromatic nitrogens is 4. The molecule has 2 amide bonds. The van der Waals surface area contributed by atoms with Gasteiger partial charge in [-0.1, -0.05) is 34.1 Å². The first kappa shape index (κ1) is 52.0. The minimum Gasteiger partial charge on any atom is -0.399 e. The van der Waals surface area contributed by atoms with Gasteiger partial charge in [-0.15, -0.1) is 0 Å². The fourth-order valence-electron chi connectivity index (χ4n) is 7.56. The molecule has 2 atom stereocenters. The molecule has 9 rings (SSSR count). The molecule has 3 aromatic heterocycles. The van der Waals surface area contributed by atoms with Crippen LogP contribution in [0.3, 0.4) is 0 Å². The van der Waals surface area contributed by atoms with E-state index in [2.05, 4.69) is 80.9 Å². The SMILES string of the molecule is CC1(C)OB(C2=CCN=C2)OC1(C)C.N#Cc1ccnc(CC2CCN(c3ccc(-c4cn[nH]c4)cc3)C2=O)c1.N#Cc1ccnc(CC2CCN(c3ccc(Br)cc3)C2=O)c1.[CH3-].[CH3-].[Pd+2]. The van der Waals surface area contributed by atoms with E-state index in [9.17, 15) is 9.59 Å². The Morgan fingerprint density at radius 1 is 0.769 bits per heavy atom. The van der Waals surface area contributed by atoms with Crippen LogP contribution in [-0.4, -0.2) is 76.1 Å². The molecule has 0 spiro atoms. The largest absolute Gasteiger partial charge is 2.00 e. The number of nitrogens with zero attached hydrogens (tertiary/aromatic N) is 8. The van der Waals surface area contributed by atoms with Crippen molar-refractivity contribution in [2.75, 3.05) is 29.4 Å². The van der Waals surface area contributed by atoms with Crippen LogP contribution >= 0.6 is 15.9 Å². The van der Waals surface area contributed by atoms with Gasteiger partial charge in [0.2, 0.25) is 11.8 Å². The summed E-state index contributed by atoms with van der Waals surface area (Å²) in [5.74, 6) is 0.0896. The maximum Gasteiger partial charge on any atom is 2.00 e. The minimum absolute atomic E-state index is 0. The molecule has 13 nitrogen and oxygen atoms in total. The van der Waals surface area contributed by atoms with Crippen molar-refractivity contribution in [2.24, 2.45) is 16.8 Å². The number of hydrogen-bond donors (Lipinski definition) is 1. The average molecular weight is 1030 g/mol. The fraction of sp³-hybridized carbons (Fsp3) is 0.306. The van der Waals surface area contributed by atoms with Gasteiger partial charge in [-0.25, -0.2) is 0 Å². The Labute approximate surface area is 405 Å². The topological polar surface area (TPSA) is 173 Å². The number of carbonyl (C=O) groups is 2. The van der Waals surface area contributed by atoms with Crippen LogP contribution in [0.4, 0.5) is 11.4 Å². The molecular formula is C49H53BBrN9O4Pd. The molecule has 2 aromatic carbocycles. The van der Waals surface area contributed by atoms with Crippen molar-refractivity contribution in [3.8, 4) is 23.3 Å². The second kappa shape index (κ2) is 23.0. The number of pyridine rings is 2. The van der Waals surface area contributed by atoms with Crippen LogP contribution in [0.15, 0.2) is 119 Å². The predicted molar refractivity (Wildman–Crippen MR) is 255 cm³/mol. The molecule has 0 radical (unpaired) electrons. The number of carbonyl (C=O) groups excluding carboxylic acids is 2. The van der Waals surface area contributed by atoms with Gasteiger partial charge in [0.1, 0.15) is 0 Å². The Morgan fingerprint density at radius 3 is 1.69 bits per heavy atom. The summed E-state index contributed by atoms with van der Waals surface area (Å²) >= 11 is 3.40. The number of amides is 2. The summed E-state index contributed by atoms with van der Waals surface area (Å²) in [7, 11) is -0.244. The quantitative estimate of drug-likeness (QED) is 0.118. The van der Waals surface area contributed by atoms with E-state index in [1.807, 2.05) is 76.8 Å². The van der Waals surface area contributed by atoms with Crippen molar-refractivity contribution in [1.82, 2.24) is 20.2 Å². The van der Waals surface area contributed by atoms with E-state index in [0.717, 1.165) is 69.8 Å². The number of nitrogens with one attached hydrogen (secondary N) is 1. The van der Waals surface area contributed by atoms with Gasteiger partial charge in [-0.05, 0) is 112 Å². The van der Waals surface area contributed by atoms with Crippen LogP contribution in [0, 0.1) is 49.4 Å². The Morgan fingerprint density at radius 2 is 1.26 bits per heavy atom. The van der Waals surface area contributed by atoms with E-state index < -0.39 is 0 Å². The third-order valence-electron chi connectivity index (χ3n) is 11.8. The average Bonchev–Trinajstić information content (AvgIpc) is 4.14. The second-order valence-electron chi connectivity index (χ2n) is 16.5. The van der Waals surface area contributed by atoms with Gasteiger partial charge in [0.25, 0.3) is 0 Å². The van der Waals surface area contributed by atoms with Crippen molar-refractivity contribution in [1.29, 1.82) is 10.5 Å². The molecule has 4 aliphatic rings. The van der Waals surface area contributed by atoms with Crippen LogP contribution in [0.2, 0.25) is 0 Å². The van der Waals surface area contributed by atoms with Crippen molar-refractivity contribution < 1.29 is 39.3 Å². The van der Waals surface area contributed by atoms with E-state index >= 15 is 0 Å². The van der Waals surface area contributed by atoms with E-state index in [0.29, 0.717) is 30.5 Å². The third-order valence-corrected chi connectivity index (χ3v) is 12.3. The summed E-state index contributed by atoms with van der Waals surface area (Å²) in [5.41, 5.74) is 7.20. The standard InChI is InChI=1S/C20H17N5O.C17H14BrN3O.C10H16BNO2.2CH3.Pd/c21-11-14-5-7-22-18(9-14)10-16-6-8-25(20(16)26)19-3-1-15(2-4-19)17-12-23-24-13-17;18-14-1-3-16(4-2-14)21-8-6-13(17(21)22)10-15-9-12(11-19)5-7-20-15;1-9(2)10(3,4)14-11(13-9)8-5-6-12-7-8;;;/h1-5,7,9,12-13,16H,6,8,10H2,(H,23,24);1-5,7,9,13H,6,8,10H2;5,7H,6H2,1-4H3;2*1H3;/q;;;2*-1;+2. The fourth-order valence-corrected chi connectivity index (χ4v) is 7.83. The first-order valence-electron chi connectivity index (χ1n) is 20.6. The molecule has 5 aromatic rings. The molecule has 3 saturated heterocycles. The number of hydrogen-bond acceptors (Lipinski definition) is 10. The molecule has 0 bridgehead atoms. The smallest absolute Gasteiger partial charge is 0.399 e. The first-order chi connectivity index (χ1) is 29.8. The molecule has 16 heteroatoms. The third kappa shape index (κ3) is 12.6. The summed E-state index contributed by atoms with van der Waals surface area (Å²) in [4.78, 5) is 41.7. The van der Waals surface area contributed by atoms with Gasteiger partial charge in [0.15, 0.2) is 0 Å². The summed E-state index contributed by atoms with van der Waals surface area (Å²) in [6.45, 7) is 10.4. The van der Waals surface area contributed by atoms with Crippen LogP contribution in [0.25, 0.3) is 11.1 Å². The van der Waals surface area contributed by atoms with Crippen molar-refractivity contribution in [3.63, 3.8) is 0 Å². The zero-order chi connectivity index (χ0) is 43.9. The van der Waals surface area contributed by atoms with Crippen molar-refractivity contribution >= 4 is 52.5 Å². The zero-order valence-electron chi connectivity index (χ0n) is 37.5. The van der Waals surface area contributed by atoms with E-state index in [-0.39, 0.29) is 77.2 Å². The Kier molecular flexibility index (Phi) is 18.4. The van der Waals surface area contributed by atoms with E-state index in [1.54, 1.807) is 42.9 Å². The molecule has 3 fully saturated rings. The molecule has 2 unspecified atom stereocenters. The van der Waals surface area contributed by atoms with Gasteiger partial charge in [0.05, 0.1) is 47.2 Å². The van der Waals surface area contributed by atoms with Crippen molar-refractivity contribution in [3.05, 3.63) is 151 Å². The minimum atomic E-state index is -0.255. The maximum absolute atomic E-state index is 12.8. The van der Waals surface area contributed by atoms with Gasteiger partial charge >= 0.3 is 27.5 Å². The Bertz CT molecular complexity index is 2520. The monoisotopic (exact) mass is 1030 g/mol. The molecule has 338 valence electrons. The number of nitriles is 2. The number of aromatic amines is 1. The summed E-state index contributed by atoms with van der Waals surface area (Å²) in [6, 6.07) is 26.8. The molecule has 4 aliphatic heterocycles. The number of benzene rings is 2. The Hall–Kier alpha value is -5.59. The van der Waals surface area contributed by atoms with Gasteiger partial charge in [0, 0.05) is 95.4 Å². The zero-order valence-corrected chi connectivity index (χ0v) is 40.6. The molecule has 0 aliphatic carbocycles. The molecular weight excluding hydrogens is 976 g/mol. The summed E-state index contributed by atoms with van der Waals surface area (Å²) in [5, 5.41) is 24.7. The number of anilines is 2. The van der Waals surface area contributed by atoms with Crippen LogP contribution in [-0.2, 0) is 52.2 Å². The predicted octanol–water partition coefficient (Wildman–Crippen LogP) is 8.78. The van der Waals surface area contributed by atoms with E-state index in [1.165, 1.54) is 0 Å². The second-order valence-corrected chi connectivity index (χ2v) is 17.4. The molecule has 0 saturated carbocycles. The van der Waals surface area contributed by atoms with Crippen molar-refractivity contribution in [2.45, 2.75) is 64.6 Å². The first-order valence-corrected chi connectivity index (χ1v) is 21.4. The maximum atomic E-state index is 12.8. The normalized spacial score (nSPS) is 18.7. The van der Waals surface area contributed by atoms with Crippen LogP contribution in [0.5, 0.6) is 0 Å². The van der Waals surface area contributed by atoms with E-state index in [4.69, 9.17) is 19.8 Å². The summed E-state index contributed by atoms with van der Waals surface area (Å²) < 4.78 is 12.7. The molecule has 7 heterocycles. The Balaban J connectivity index is 0.000000217. The number of aliphatic imine (C=N–C) groups is 1. The number of allylic oxidation sites excluding steroid dienone is 1. The number of H-pyrrole nitrogens is 1. The summed E-state index contributed by atoms with van der Waals surface area (Å²) in [6.07, 6.45) is 13.5. The number of halogens is 1. The van der Waals surface area contributed by atoms with Gasteiger partial charge < -0.3 is 34.0 Å². The van der Waals surface area contributed by atoms with Gasteiger partial charge in [-0.3, -0.25) is 29.6 Å². The molecule has 65 heavy (non-hydrogen) atoms. The number of rotatable bonds is 8. The molecule has 1 N–H and O–H groups in total.